The minimum atomic E-state index is -1.86. The van der Waals surface area contributed by atoms with E-state index >= 15 is 0 Å². The van der Waals surface area contributed by atoms with Crippen LogP contribution >= 0.6 is 0 Å². The fourth-order valence-corrected chi connectivity index (χ4v) is 8.53. The third-order valence-corrected chi connectivity index (χ3v) is 13.5. The second kappa shape index (κ2) is 38.6. The first-order valence-electron chi connectivity index (χ1n) is 28.3. The van der Waals surface area contributed by atoms with Crippen molar-refractivity contribution in [3.05, 3.63) is 65.7 Å². The summed E-state index contributed by atoms with van der Waals surface area (Å²) in [6, 6.07) is -0.805. The Morgan fingerprint density at radius 3 is 1.34 bits per heavy atom. The number of nitrogens with zero attached hydrogens (tertiary/aromatic N) is 1. The Labute approximate surface area is 507 Å². The van der Waals surface area contributed by atoms with Gasteiger partial charge in [-0.05, 0) is 73.6 Å². The molecule has 32 heteroatoms. The number of nitrogens with one attached hydrogen (secondary N) is 9. The van der Waals surface area contributed by atoms with Gasteiger partial charge in [-0.2, -0.15) is 0 Å². The van der Waals surface area contributed by atoms with E-state index in [0.717, 1.165) is 0 Å². The van der Waals surface area contributed by atoms with Crippen molar-refractivity contribution in [2.45, 2.75) is 159 Å². The maximum atomic E-state index is 14.5. The number of phenols is 1. The summed E-state index contributed by atoms with van der Waals surface area (Å²) in [6.45, 7) is 4.93. The number of guanidine groups is 1. The van der Waals surface area contributed by atoms with Crippen molar-refractivity contribution in [2.24, 2.45) is 39.8 Å². The normalized spacial score (nSPS) is 14.4. The van der Waals surface area contributed by atoms with E-state index in [1.807, 2.05) is 0 Å². The number of aliphatic imine (C=N–C) groups is 1. The number of hydrogen-bond donors (Lipinski definition) is 18. The monoisotopic (exact) mass is 1240 g/mol. The van der Waals surface area contributed by atoms with Crippen LogP contribution < -0.4 is 70.8 Å². The molecule has 32 nitrogen and oxygen atoms in total. The topological polar surface area (TPSA) is 548 Å². The van der Waals surface area contributed by atoms with E-state index in [2.05, 4.69) is 52.8 Å². The largest absolute Gasteiger partial charge is 0.508 e. The van der Waals surface area contributed by atoms with E-state index in [9.17, 15) is 87.9 Å². The first-order valence-corrected chi connectivity index (χ1v) is 28.3. The molecule has 10 atom stereocenters. The highest BCUT2D eigenvalue weighted by Crippen LogP contribution is 2.16. The molecule has 0 saturated heterocycles. The molecular weight excluding hydrogens is 1160 g/mol. The van der Waals surface area contributed by atoms with Crippen molar-refractivity contribution in [3.8, 4) is 5.75 Å². The number of rotatable bonds is 41. The van der Waals surface area contributed by atoms with Gasteiger partial charge in [-0.25, -0.2) is 4.79 Å². The molecule has 2 aromatic rings. The number of nitrogens with two attached hydrogens (primary N) is 4. The maximum absolute atomic E-state index is 14.5. The number of carbonyl (C=O) groups excluding carboxylic acids is 10. The second-order valence-corrected chi connectivity index (χ2v) is 21.2. The second-order valence-electron chi connectivity index (χ2n) is 21.2. The van der Waals surface area contributed by atoms with Gasteiger partial charge in [0.25, 0.3) is 0 Å². The smallest absolute Gasteiger partial charge is 0.326 e. The van der Waals surface area contributed by atoms with Gasteiger partial charge < -0.3 is 96.3 Å². The zero-order chi connectivity index (χ0) is 66.2. The summed E-state index contributed by atoms with van der Waals surface area (Å²) in [5, 5.41) is 71.2. The van der Waals surface area contributed by atoms with Crippen LogP contribution in [0.25, 0.3) is 0 Å². The van der Waals surface area contributed by atoms with Crippen molar-refractivity contribution in [3.63, 3.8) is 0 Å². The molecule has 0 aliphatic rings. The van der Waals surface area contributed by atoms with Crippen LogP contribution in [0, 0.1) is 11.8 Å². The quantitative estimate of drug-likeness (QED) is 0.0170. The maximum Gasteiger partial charge on any atom is 0.326 e. The highest BCUT2D eigenvalue weighted by molar-refractivity contribution is 5.99. The van der Waals surface area contributed by atoms with Crippen LogP contribution in [0.15, 0.2) is 59.6 Å². The number of phenolic OH excluding ortho intramolecular Hbond substituents is 1. The predicted molar refractivity (Wildman–Crippen MR) is 314 cm³/mol. The van der Waals surface area contributed by atoms with Crippen molar-refractivity contribution in [1.29, 1.82) is 0 Å². The fourth-order valence-electron chi connectivity index (χ4n) is 8.53. The van der Waals surface area contributed by atoms with Crippen LogP contribution in [-0.2, 0) is 75.2 Å². The van der Waals surface area contributed by atoms with E-state index in [1.54, 1.807) is 51.1 Å². The zero-order valence-corrected chi connectivity index (χ0v) is 49.5. The van der Waals surface area contributed by atoms with Crippen LogP contribution in [0.5, 0.6) is 5.75 Å². The van der Waals surface area contributed by atoms with Crippen LogP contribution in [0.4, 0.5) is 0 Å². The van der Waals surface area contributed by atoms with Gasteiger partial charge >= 0.3 is 17.9 Å². The Morgan fingerprint density at radius 1 is 0.500 bits per heavy atom. The Balaban J connectivity index is 2.56. The number of aromatic hydroxyl groups is 1. The molecule has 0 bridgehead atoms. The number of aliphatic hydroxyl groups is 1. The SMILES string of the molecule is CC[C@H](C)[C@H](NC(=O)[C@H](CCC(=O)O)NC(=O)[C@H](CCC(=O)O)NC(=O)[C@H](CCCN=C(N)N)NC(=O)[C@H](CO)NC(=O)[C@H](Cc1ccccc1)NC(=O)CN)C(=O)N[C@@H](Cc1ccc(O)cc1)C(=O)N[C@@H](CCC(N)=O)C(=O)N[C@@H](CC(C)C)C(=O)O. The fraction of sp³-hybridized carbons (Fsp3) is 0.536. The molecule has 0 heterocycles. The van der Waals surface area contributed by atoms with Crippen molar-refractivity contribution >= 4 is 82.9 Å². The Kier molecular flexibility index (Phi) is 32.7. The molecule has 486 valence electrons. The Morgan fingerprint density at radius 2 is 0.909 bits per heavy atom. The first kappa shape index (κ1) is 74.6. The highest BCUT2D eigenvalue weighted by Gasteiger charge is 2.37. The minimum absolute atomic E-state index is 0.00940. The molecule has 0 spiro atoms. The van der Waals surface area contributed by atoms with E-state index < -0.39 is 189 Å². The summed E-state index contributed by atoms with van der Waals surface area (Å²) in [6.07, 6.45) is -4.35. The number of benzene rings is 2. The molecular formula is C56H84N14O18. The number of aliphatic carboxylic acids is 3. The van der Waals surface area contributed by atoms with E-state index in [1.165, 1.54) is 31.2 Å². The lowest BCUT2D eigenvalue weighted by atomic mass is 9.96. The van der Waals surface area contributed by atoms with Gasteiger partial charge in [0.2, 0.25) is 59.1 Å². The van der Waals surface area contributed by atoms with Crippen molar-refractivity contribution in [2.75, 3.05) is 19.7 Å². The molecule has 2 rings (SSSR count). The average molecular weight is 1240 g/mol. The summed E-state index contributed by atoms with van der Waals surface area (Å²) in [7, 11) is 0. The van der Waals surface area contributed by atoms with Gasteiger partial charge in [0, 0.05) is 38.6 Å². The molecule has 22 N–H and O–H groups in total. The standard InChI is InChI=1S/C56H84N14O18/c1-5-30(4)46(54(86)67-39(26-32-13-15-33(72)16-14-32)52(84)66-35(17-20-42(58)73)49(81)68-40(55(87)88)24-29(2)3)70-50(82)37(19-22-45(77)78)65-48(80)36(18-21-44(75)76)64-47(79)34(12-9-23-61-56(59)60)63-53(85)41(28-71)69-51(83)38(62-43(74)27-57)25-31-10-7-6-8-11-31/h6-8,10-11,13-16,29-30,34-41,46,71-72H,5,9,12,17-28,57H2,1-4H3,(H2,58,73)(H,62,74)(H,63,85)(H,64,79)(H,65,80)(H,66,84)(H,67,86)(H,68,81)(H,69,83)(H,70,82)(H,75,76)(H,77,78)(H,87,88)(H4,59,60,61)/t30-,34-,35-,36-,37-,38-,39-,40-,41-,46-/m0/s1. The molecule has 0 saturated carbocycles. The third kappa shape index (κ3) is 28.2. The number of primary amides is 1. The molecule has 0 fully saturated rings. The summed E-state index contributed by atoms with van der Waals surface area (Å²) in [5.74, 6) is -16.1. The van der Waals surface area contributed by atoms with Gasteiger partial charge in [-0.15, -0.1) is 0 Å². The summed E-state index contributed by atoms with van der Waals surface area (Å²) in [4.78, 5) is 176. The number of carboxylic acid groups (broad SMARTS) is 3. The van der Waals surface area contributed by atoms with E-state index in [-0.39, 0.29) is 62.7 Å². The van der Waals surface area contributed by atoms with Crippen LogP contribution in [0.1, 0.15) is 103 Å². The van der Waals surface area contributed by atoms with Crippen LogP contribution in [0.3, 0.4) is 0 Å². The zero-order valence-electron chi connectivity index (χ0n) is 49.5. The molecule has 0 aliphatic heterocycles. The summed E-state index contributed by atoms with van der Waals surface area (Å²) in [5.41, 5.74) is 22.7. The third-order valence-electron chi connectivity index (χ3n) is 13.5. The molecule has 0 unspecified atom stereocenters. The average Bonchev–Trinajstić information content (AvgIpc) is 1.90. The molecule has 88 heavy (non-hydrogen) atoms. The minimum Gasteiger partial charge on any atom is -0.508 e. The number of carboxylic acids is 3. The van der Waals surface area contributed by atoms with Gasteiger partial charge in [0.1, 0.15) is 60.1 Å². The summed E-state index contributed by atoms with van der Waals surface area (Å²) < 4.78 is 0. The highest BCUT2D eigenvalue weighted by atomic mass is 16.4. The number of amides is 10. The molecule has 0 aliphatic carbocycles. The van der Waals surface area contributed by atoms with E-state index in [0.29, 0.717) is 11.1 Å². The molecule has 0 aromatic heterocycles. The number of hydrogen-bond acceptors (Lipinski definition) is 17. The van der Waals surface area contributed by atoms with Gasteiger partial charge in [0.05, 0.1) is 13.2 Å². The Bertz CT molecular complexity index is 2750. The van der Waals surface area contributed by atoms with Gasteiger partial charge in [0.15, 0.2) is 5.96 Å². The van der Waals surface area contributed by atoms with E-state index in [4.69, 9.17) is 22.9 Å². The van der Waals surface area contributed by atoms with Crippen LogP contribution in [0.2, 0.25) is 0 Å². The van der Waals surface area contributed by atoms with Gasteiger partial charge in [-0.3, -0.25) is 62.5 Å². The molecule has 0 radical (unpaired) electrons. The molecule has 10 amide bonds. The van der Waals surface area contributed by atoms with Gasteiger partial charge in [-0.1, -0.05) is 76.6 Å². The van der Waals surface area contributed by atoms with Crippen LogP contribution in [-0.4, -0.2) is 183 Å². The number of aliphatic hydroxyl groups excluding tert-OH is 1. The predicted octanol–water partition coefficient (Wildman–Crippen LogP) is -4.28. The lowest BCUT2D eigenvalue weighted by Crippen LogP contribution is -2.61. The number of carbonyl (C=O) groups is 13. The van der Waals surface area contributed by atoms with Crippen molar-refractivity contribution in [1.82, 2.24) is 47.9 Å². The molecule has 2 aromatic carbocycles. The lowest BCUT2D eigenvalue weighted by molar-refractivity contribution is -0.143. The Hall–Kier alpha value is -9.46. The van der Waals surface area contributed by atoms with Crippen molar-refractivity contribution < 1.29 is 87.9 Å². The first-order chi connectivity index (χ1) is 41.5. The summed E-state index contributed by atoms with van der Waals surface area (Å²) >= 11 is 0. The lowest BCUT2D eigenvalue weighted by Gasteiger charge is -2.30.